The molecule has 0 aromatic heterocycles. The van der Waals surface area contributed by atoms with Crippen LogP contribution in [0, 0.1) is 12.3 Å². The van der Waals surface area contributed by atoms with E-state index in [1.807, 2.05) is 30.3 Å². The van der Waals surface area contributed by atoms with Crippen molar-refractivity contribution in [2.24, 2.45) is 0 Å². The second kappa shape index (κ2) is 6.35. The molecule has 2 unspecified atom stereocenters. The Labute approximate surface area is 92.7 Å². The molecule has 0 fully saturated rings. The topological polar surface area (TPSA) is 29.1 Å². The lowest BCUT2D eigenvalue weighted by Gasteiger charge is -2.13. The molecule has 2 nitrogen and oxygen atoms in total. The van der Waals surface area contributed by atoms with Crippen LogP contribution in [0.15, 0.2) is 30.3 Å². The van der Waals surface area contributed by atoms with Gasteiger partial charge in [0.15, 0.2) is 5.78 Å². The number of Topliss-reactive ketones (excluding diaryl/α,β-unsaturated/α-hetero) is 1. The number of ketones is 1. The van der Waals surface area contributed by atoms with E-state index in [0.29, 0.717) is 12.8 Å². The summed E-state index contributed by atoms with van der Waals surface area (Å²) in [4.78, 5) is 11.9. The lowest BCUT2D eigenvalue weighted by Crippen LogP contribution is -2.30. The molecule has 3 heteroatoms. The summed E-state index contributed by atoms with van der Waals surface area (Å²) in [5, 5.41) is 2.91. The van der Waals surface area contributed by atoms with Gasteiger partial charge in [-0.3, -0.25) is 9.88 Å². The predicted molar refractivity (Wildman–Crippen MR) is 65.5 cm³/mol. The Morgan fingerprint density at radius 1 is 1.47 bits per heavy atom. The molecule has 0 aliphatic heterocycles. The van der Waals surface area contributed by atoms with Crippen LogP contribution < -0.4 is 5.09 Å². The third kappa shape index (κ3) is 3.47. The lowest BCUT2D eigenvalue weighted by molar-refractivity contribution is 0.0951. The molecule has 0 saturated heterocycles. The van der Waals surface area contributed by atoms with Crippen LogP contribution >= 0.6 is 9.39 Å². The third-order valence-corrected chi connectivity index (χ3v) is 2.56. The molecule has 0 amide bonds. The maximum atomic E-state index is 11.9. The maximum Gasteiger partial charge on any atom is 0.180 e. The molecule has 1 aromatic carbocycles. The largest absolute Gasteiger partial charge is 0.292 e. The Morgan fingerprint density at radius 2 is 2.13 bits per heavy atom. The van der Waals surface area contributed by atoms with Gasteiger partial charge in [0, 0.05) is 12.0 Å². The molecule has 1 aromatic rings. The number of benzene rings is 1. The van der Waals surface area contributed by atoms with E-state index in [-0.39, 0.29) is 11.8 Å². The van der Waals surface area contributed by atoms with Crippen molar-refractivity contribution in [2.45, 2.75) is 18.9 Å². The normalized spacial score (nSPS) is 11.7. The molecule has 78 valence electrons. The van der Waals surface area contributed by atoms with E-state index in [2.05, 4.69) is 20.4 Å². The first-order chi connectivity index (χ1) is 7.29. The molecule has 0 aliphatic carbocycles. The molecule has 0 radical (unpaired) electrons. The van der Waals surface area contributed by atoms with Crippen molar-refractivity contribution in [3.8, 4) is 12.3 Å². The number of hydrogen-bond donors (Lipinski definition) is 1. The summed E-state index contributed by atoms with van der Waals surface area (Å²) in [5.74, 6) is 2.62. The smallest absolute Gasteiger partial charge is 0.180 e. The number of rotatable bonds is 5. The third-order valence-electron chi connectivity index (χ3n) is 2.15. The summed E-state index contributed by atoms with van der Waals surface area (Å²) < 4.78 is 0. The molecule has 0 spiro atoms. The van der Waals surface area contributed by atoms with Gasteiger partial charge in [-0.05, 0) is 6.42 Å². The lowest BCUT2D eigenvalue weighted by atomic mass is 10.0. The Balaban J connectivity index is 2.70. The van der Waals surface area contributed by atoms with E-state index < -0.39 is 0 Å². The summed E-state index contributed by atoms with van der Waals surface area (Å²) in [6.45, 7) is 0. The minimum atomic E-state index is -0.214. The van der Waals surface area contributed by atoms with E-state index >= 15 is 0 Å². The van der Waals surface area contributed by atoms with Gasteiger partial charge in [-0.15, -0.1) is 12.3 Å². The monoisotopic (exact) mass is 219 g/mol. The molecular weight excluding hydrogens is 205 g/mol. The molecule has 15 heavy (non-hydrogen) atoms. The molecule has 2 atom stereocenters. The van der Waals surface area contributed by atoms with Crippen molar-refractivity contribution in [1.29, 1.82) is 0 Å². The first-order valence-electron chi connectivity index (χ1n) is 4.78. The summed E-state index contributed by atoms with van der Waals surface area (Å²) in [6.07, 6.45) is 6.44. The highest BCUT2D eigenvalue weighted by molar-refractivity contribution is 7.13. The van der Waals surface area contributed by atoms with Crippen LogP contribution in [0.1, 0.15) is 23.2 Å². The zero-order valence-corrected chi connectivity index (χ0v) is 9.60. The van der Waals surface area contributed by atoms with Crippen molar-refractivity contribution in [1.82, 2.24) is 5.09 Å². The molecule has 0 heterocycles. The highest BCUT2D eigenvalue weighted by Gasteiger charge is 2.16. The van der Waals surface area contributed by atoms with E-state index in [1.165, 1.54) is 0 Å². The number of carbonyl (C=O) groups excluding carboxylic acids is 1. The van der Waals surface area contributed by atoms with Crippen molar-refractivity contribution in [3.05, 3.63) is 35.9 Å². The van der Waals surface area contributed by atoms with Gasteiger partial charge in [0.2, 0.25) is 0 Å². The minimum absolute atomic E-state index is 0.0841. The van der Waals surface area contributed by atoms with Crippen LogP contribution in [-0.4, -0.2) is 11.8 Å². The van der Waals surface area contributed by atoms with Gasteiger partial charge in [-0.2, -0.15) is 0 Å². The molecule has 0 bridgehead atoms. The Bertz CT molecular complexity index is 356. The van der Waals surface area contributed by atoms with Crippen LogP contribution in [0.5, 0.6) is 0 Å². The van der Waals surface area contributed by atoms with Crippen LogP contribution in [0.25, 0.3) is 0 Å². The van der Waals surface area contributed by atoms with Crippen molar-refractivity contribution >= 4 is 15.2 Å². The summed E-state index contributed by atoms with van der Waals surface area (Å²) >= 11 is 0. The maximum absolute atomic E-state index is 11.9. The standard InChI is InChI=1S/C12H14NOP/c1-2-3-9-11(13-15)12(14)10-7-5-4-6-8-10/h1,4-8,11,13H,3,9,15H2. The average Bonchev–Trinajstić information content (AvgIpc) is 2.31. The van der Waals surface area contributed by atoms with E-state index in [4.69, 9.17) is 6.42 Å². The van der Waals surface area contributed by atoms with E-state index in [0.717, 1.165) is 5.56 Å². The van der Waals surface area contributed by atoms with E-state index in [1.54, 1.807) is 0 Å². The fraction of sp³-hybridized carbons (Fsp3) is 0.250. The fourth-order valence-corrected chi connectivity index (χ4v) is 1.64. The SMILES string of the molecule is C#CCCC(NP)C(=O)c1ccccc1. The molecule has 0 aliphatic rings. The van der Waals surface area contributed by atoms with Gasteiger partial charge in [0.1, 0.15) is 0 Å². The quantitative estimate of drug-likeness (QED) is 0.466. The van der Waals surface area contributed by atoms with Gasteiger partial charge in [0.05, 0.1) is 6.04 Å². The molecule has 1 rings (SSSR count). The molecule has 0 saturated carbocycles. The Kier molecular flexibility index (Phi) is 5.04. The van der Waals surface area contributed by atoms with Crippen LogP contribution in [0.2, 0.25) is 0 Å². The van der Waals surface area contributed by atoms with E-state index in [9.17, 15) is 4.79 Å². The Hall–Kier alpha value is -1.16. The van der Waals surface area contributed by atoms with Gasteiger partial charge in [0.25, 0.3) is 0 Å². The summed E-state index contributed by atoms with van der Waals surface area (Å²) in [6, 6.07) is 9.01. The number of nitrogens with one attached hydrogen (secondary N) is 1. The van der Waals surface area contributed by atoms with Gasteiger partial charge in [-0.25, -0.2) is 0 Å². The van der Waals surface area contributed by atoms with Crippen LogP contribution in [0.4, 0.5) is 0 Å². The highest BCUT2D eigenvalue weighted by atomic mass is 31.0. The second-order valence-corrected chi connectivity index (χ2v) is 3.53. The van der Waals surface area contributed by atoms with Crippen molar-refractivity contribution in [3.63, 3.8) is 0 Å². The Morgan fingerprint density at radius 3 is 2.67 bits per heavy atom. The van der Waals surface area contributed by atoms with Crippen molar-refractivity contribution in [2.75, 3.05) is 0 Å². The van der Waals surface area contributed by atoms with Gasteiger partial charge < -0.3 is 0 Å². The van der Waals surface area contributed by atoms with Crippen LogP contribution in [0.3, 0.4) is 0 Å². The molecule has 1 N–H and O–H groups in total. The fourth-order valence-electron chi connectivity index (χ4n) is 1.32. The zero-order chi connectivity index (χ0) is 11.1. The first-order valence-corrected chi connectivity index (χ1v) is 5.36. The molecular formula is C12H14NOP. The zero-order valence-electron chi connectivity index (χ0n) is 8.44. The van der Waals surface area contributed by atoms with Gasteiger partial charge >= 0.3 is 0 Å². The first kappa shape index (κ1) is 11.9. The second-order valence-electron chi connectivity index (χ2n) is 3.19. The van der Waals surface area contributed by atoms with Crippen LogP contribution in [-0.2, 0) is 0 Å². The highest BCUT2D eigenvalue weighted by Crippen LogP contribution is 2.08. The number of hydrogen-bond acceptors (Lipinski definition) is 2. The summed E-state index contributed by atoms with van der Waals surface area (Å²) in [7, 11) is 2.37. The summed E-state index contributed by atoms with van der Waals surface area (Å²) in [5.41, 5.74) is 0.717. The predicted octanol–water partition coefficient (Wildman–Crippen LogP) is 2.03. The minimum Gasteiger partial charge on any atom is -0.292 e. The number of terminal acetylenes is 1. The number of carbonyl (C=O) groups is 1. The average molecular weight is 219 g/mol. The van der Waals surface area contributed by atoms with Gasteiger partial charge in [-0.1, -0.05) is 39.7 Å². The van der Waals surface area contributed by atoms with Crippen molar-refractivity contribution < 1.29 is 4.79 Å².